The van der Waals surface area contributed by atoms with E-state index in [4.69, 9.17) is 0 Å². The minimum Gasteiger partial charge on any atom is -0.381 e. The van der Waals surface area contributed by atoms with Crippen LogP contribution >= 0.6 is 15.9 Å². The van der Waals surface area contributed by atoms with Crippen LogP contribution in [0.2, 0.25) is 0 Å². The molecule has 1 aromatic carbocycles. The summed E-state index contributed by atoms with van der Waals surface area (Å²) in [7, 11) is 0. The Morgan fingerprint density at radius 2 is 2.06 bits per heavy atom. The second kappa shape index (κ2) is 6.95. The summed E-state index contributed by atoms with van der Waals surface area (Å²) in [6.07, 6.45) is 5.01. The molecule has 0 aliphatic carbocycles. The zero-order valence-electron chi connectivity index (χ0n) is 10.5. The molecule has 0 aliphatic rings. The summed E-state index contributed by atoms with van der Waals surface area (Å²) in [4.78, 5) is 0. The van der Waals surface area contributed by atoms with Gasteiger partial charge in [-0.05, 0) is 53.4 Å². The second-order valence-electron chi connectivity index (χ2n) is 4.38. The van der Waals surface area contributed by atoms with E-state index >= 15 is 0 Å². The van der Waals surface area contributed by atoms with Crippen molar-refractivity contribution in [1.29, 1.82) is 0 Å². The number of unbranched alkanes of at least 4 members (excludes halogenated alkanes) is 1. The van der Waals surface area contributed by atoms with Crippen LogP contribution < -0.4 is 5.32 Å². The average molecular weight is 284 g/mol. The molecule has 0 spiro atoms. The maximum absolute atomic E-state index is 3.63. The Morgan fingerprint density at radius 3 is 2.69 bits per heavy atom. The number of hydrogen-bond acceptors (Lipinski definition) is 1. The van der Waals surface area contributed by atoms with E-state index in [0.29, 0.717) is 6.04 Å². The van der Waals surface area contributed by atoms with E-state index in [2.05, 4.69) is 60.2 Å². The molecule has 2 heteroatoms. The molecule has 16 heavy (non-hydrogen) atoms. The van der Waals surface area contributed by atoms with Crippen LogP contribution in [-0.2, 0) is 0 Å². The van der Waals surface area contributed by atoms with Gasteiger partial charge in [0.05, 0.1) is 0 Å². The molecule has 0 aliphatic heterocycles. The van der Waals surface area contributed by atoms with E-state index in [0.717, 1.165) is 4.47 Å². The Kier molecular flexibility index (Phi) is 5.89. The van der Waals surface area contributed by atoms with E-state index in [1.54, 1.807) is 0 Å². The molecule has 1 atom stereocenters. The molecule has 0 radical (unpaired) electrons. The lowest BCUT2D eigenvalue weighted by Gasteiger charge is -2.19. The van der Waals surface area contributed by atoms with E-state index in [1.165, 1.54) is 36.9 Å². The summed E-state index contributed by atoms with van der Waals surface area (Å²) in [6, 6.07) is 7.04. The van der Waals surface area contributed by atoms with Gasteiger partial charge in [0.2, 0.25) is 0 Å². The van der Waals surface area contributed by atoms with Crippen molar-refractivity contribution in [3.8, 4) is 0 Å². The highest BCUT2D eigenvalue weighted by Gasteiger charge is 2.07. The summed E-state index contributed by atoms with van der Waals surface area (Å²) in [5.74, 6) is 0. The smallest absolute Gasteiger partial charge is 0.0489 e. The molecule has 0 saturated carbocycles. The van der Waals surface area contributed by atoms with Gasteiger partial charge in [-0.15, -0.1) is 0 Å². The van der Waals surface area contributed by atoms with Crippen molar-refractivity contribution in [2.45, 2.75) is 52.5 Å². The predicted molar refractivity (Wildman–Crippen MR) is 76.1 cm³/mol. The molecule has 0 fully saturated rings. The third-order valence-corrected chi connectivity index (χ3v) is 3.57. The van der Waals surface area contributed by atoms with Crippen LogP contribution in [0, 0.1) is 6.92 Å². The molecule has 1 nitrogen and oxygen atoms in total. The third-order valence-electron chi connectivity index (χ3n) is 2.88. The highest BCUT2D eigenvalue weighted by molar-refractivity contribution is 9.10. The predicted octanol–water partition coefficient (Wildman–Crippen LogP) is 5.14. The first-order valence-electron chi connectivity index (χ1n) is 6.20. The minimum absolute atomic E-state index is 0.595. The van der Waals surface area contributed by atoms with Crippen molar-refractivity contribution in [2.75, 3.05) is 5.32 Å². The van der Waals surface area contributed by atoms with Gasteiger partial charge in [0.1, 0.15) is 0 Å². The van der Waals surface area contributed by atoms with Crippen molar-refractivity contribution >= 4 is 21.6 Å². The summed E-state index contributed by atoms with van der Waals surface area (Å²) in [5, 5.41) is 3.63. The molecule has 1 rings (SSSR count). The SMILES string of the molecule is CCCCC(CC)Nc1cc(C)ccc1Br. The Hall–Kier alpha value is -0.500. The van der Waals surface area contributed by atoms with Crippen molar-refractivity contribution in [1.82, 2.24) is 0 Å². The van der Waals surface area contributed by atoms with Gasteiger partial charge < -0.3 is 5.32 Å². The Balaban J connectivity index is 2.65. The molecule has 0 saturated heterocycles. The first kappa shape index (κ1) is 13.6. The fourth-order valence-electron chi connectivity index (χ4n) is 1.80. The molecule has 1 N–H and O–H groups in total. The molecular weight excluding hydrogens is 262 g/mol. The van der Waals surface area contributed by atoms with Gasteiger partial charge in [-0.25, -0.2) is 0 Å². The number of anilines is 1. The Labute approximate surface area is 108 Å². The molecular formula is C14H22BrN. The number of hydrogen-bond donors (Lipinski definition) is 1. The number of aryl methyl sites for hydroxylation is 1. The standard InChI is InChI=1S/C14H22BrN/c1-4-6-7-12(5-2)16-14-10-11(3)8-9-13(14)15/h8-10,12,16H,4-7H2,1-3H3. The summed E-state index contributed by atoms with van der Waals surface area (Å²) < 4.78 is 1.16. The Bertz CT molecular complexity index is 323. The highest BCUT2D eigenvalue weighted by atomic mass is 79.9. The van der Waals surface area contributed by atoms with Gasteiger partial charge in [0, 0.05) is 16.2 Å². The maximum Gasteiger partial charge on any atom is 0.0489 e. The van der Waals surface area contributed by atoms with Crippen LogP contribution in [0.25, 0.3) is 0 Å². The summed E-state index contributed by atoms with van der Waals surface area (Å²) in [5.41, 5.74) is 2.53. The van der Waals surface area contributed by atoms with Crippen LogP contribution in [0.3, 0.4) is 0 Å². The van der Waals surface area contributed by atoms with Gasteiger partial charge in [0.25, 0.3) is 0 Å². The minimum atomic E-state index is 0.595. The highest BCUT2D eigenvalue weighted by Crippen LogP contribution is 2.25. The van der Waals surface area contributed by atoms with Crippen molar-refractivity contribution < 1.29 is 0 Å². The van der Waals surface area contributed by atoms with Crippen LogP contribution in [0.1, 0.15) is 45.1 Å². The third kappa shape index (κ3) is 4.17. The van der Waals surface area contributed by atoms with Gasteiger partial charge >= 0.3 is 0 Å². The van der Waals surface area contributed by atoms with Gasteiger partial charge in [0.15, 0.2) is 0 Å². The lowest BCUT2D eigenvalue weighted by Crippen LogP contribution is -2.18. The van der Waals surface area contributed by atoms with E-state index in [9.17, 15) is 0 Å². The van der Waals surface area contributed by atoms with Crippen molar-refractivity contribution in [3.05, 3.63) is 28.2 Å². The monoisotopic (exact) mass is 283 g/mol. The number of nitrogens with one attached hydrogen (secondary N) is 1. The first-order valence-corrected chi connectivity index (χ1v) is 6.99. The lowest BCUT2D eigenvalue weighted by molar-refractivity contribution is 0.593. The van der Waals surface area contributed by atoms with Gasteiger partial charge in [-0.2, -0.15) is 0 Å². The fourth-order valence-corrected chi connectivity index (χ4v) is 2.16. The number of halogens is 1. The number of benzene rings is 1. The maximum atomic E-state index is 3.63. The van der Waals surface area contributed by atoms with Crippen molar-refractivity contribution in [3.63, 3.8) is 0 Å². The fraction of sp³-hybridized carbons (Fsp3) is 0.571. The van der Waals surface area contributed by atoms with E-state index in [-0.39, 0.29) is 0 Å². The first-order chi connectivity index (χ1) is 7.67. The topological polar surface area (TPSA) is 12.0 Å². The molecule has 0 aromatic heterocycles. The summed E-state index contributed by atoms with van der Waals surface area (Å²) >= 11 is 3.59. The van der Waals surface area contributed by atoms with E-state index in [1.807, 2.05) is 0 Å². The van der Waals surface area contributed by atoms with Crippen LogP contribution in [0.15, 0.2) is 22.7 Å². The second-order valence-corrected chi connectivity index (χ2v) is 5.23. The van der Waals surface area contributed by atoms with Crippen LogP contribution in [0.5, 0.6) is 0 Å². The van der Waals surface area contributed by atoms with Gasteiger partial charge in [-0.3, -0.25) is 0 Å². The normalized spacial score (nSPS) is 12.5. The summed E-state index contributed by atoms with van der Waals surface area (Å²) in [6.45, 7) is 6.62. The van der Waals surface area contributed by atoms with Gasteiger partial charge in [-0.1, -0.05) is 32.8 Å². The zero-order chi connectivity index (χ0) is 12.0. The van der Waals surface area contributed by atoms with Crippen LogP contribution in [-0.4, -0.2) is 6.04 Å². The van der Waals surface area contributed by atoms with E-state index < -0.39 is 0 Å². The molecule has 0 heterocycles. The zero-order valence-corrected chi connectivity index (χ0v) is 12.1. The molecule has 1 aromatic rings. The molecule has 1 unspecified atom stereocenters. The largest absolute Gasteiger partial charge is 0.381 e. The molecule has 90 valence electrons. The average Bonchev–Trinajstić information content (AvgIpc) is 2.28. The quantitative estimate of drug-likeness (QED) is 0.762. The number of rotatable bonds is 6. The molecule has 0 bridgehead atoms. The lowest BCUT2D eigenvalue weighted by atomic mass is 10.1. The Morgan fingerprint density at radius 1 is 1.31 bits per heavy atom. The molecule has 0 amide bonds. The van der Waals surface area contributed by atoms with Crippen molar-refractivity contribution in [2.24, 2.45) is 0 Å². The van der Waals surface area contributed by atoms with Crippen LogP contribution in [0.4, 0.5) is 5.69 Å².